The van der Waals surface area contributed by atoms with Gasteiger partial charge >= 0.3 is 0 Å². The summed E-state index contributed by atoms with van der Waals surface area (Å²) in [5.74, 6) is 0.678. The van der Waals surface area contributed by atoms with Gasteiger partial charge in [0.1, 0.15) is 0 Å². The van der Waals surface area contributed by atoms with Crippen molar-refractivity contribution in [1.82, 2.24) is 20.8 Å². The molecule has 1 aromatic heterocycles. The Bertz CT molecular complexity index is 498. The smallest absolute Gasteiger partial charge is 0.272 e. The molecule has 2 aliphatic rings. The number of carbonyl (C=O) groups excluding carboxylic acids is 1. The van der Waals surface area contributed by atoms with E-state index in [2.05, 4.69) is 27.8 Å². The van der Waals surface area contributed by atoms with Crippen LogP contribution in [0.2, 0.25) is 0 Å². The first-order chi connectivity index (χ1) is 10.3. The molecule has 1 aliphatic heterocycles. The van der Waals surface area contributed by atoms with Gasteiger partial charge in [0, 0.05) is 36.8 Å². The Kier molecular flexibility index (Phi) is 6.26. The van der Waals surface area contributed by atoms with Crippen molar-refractivity contribution in [3.8, 4) is 0 Å². The highest BCUT2D eigenvalue weighted by Gasteiger charge is 2.30. The highest BCUT2D eigenvalue weighted by Crippen LogP contribution is 2.32. The quantitative estimate of drug-likeness (QED) is 0.752. The summed E-state index contributed by atoms with van der Waals surface area (Å²) in [6, 6.07) is 0.329. The van der Waals surface area contributed by atoms with Gasteiger partial charge in [-0.15, -0.1) is 12.4 Å². The fraction of sp³-hybridized carbons (Fsp3) is 0.750. The molecule has 0 radical (unpaired) electrons. The number of amides is 1. The van der Waals surface area contributed by atoms with Crippen LogP contribution in [-0.4, -0.2) is 28.7 Å². The highest BCUT2D eigenvalue weighted by molar-refractivity contribution is 5.94. The van der Waals surface area contributed by atoms with E-state index < -0.39 is 0 Å². The maximum Gasteiger partial charge on any atom is 0.272 e. The van der Waals surface area contributed by atoms with Crippen LogP contribution >= 0.6 is 12.4 Å². The SMILES string of the molecule is CCCCC(NC(=O)c1n[nH]c2c1CNCC2)C1CCC1.Cl. The zero-order valence-corrected chi connectivity index (χ0v) is 14.1. The Balaban J connectivity index is 0.00000176. The number of rotatable bonds is 6. The van der Waals surface area contributed by atoms with Crippen LogP contribution in [-0.2, 0) is 13.0 Å². The number of nitrogens with zero attached hydrogens (tertiary/aromatic N) is 1. The number of H-pyrrole nitrogens is 1. The Morgan fingerprint density at radius 2 is 2.27 bits per heavy atom. The molecule has 0 spiro atoms. The van der Waals surface area contributed by atoms with Gasteiger partial charge in [-0.3, -0.25) is 9.89 Å². The van der Waals surface area contributed by atoms with Gasteiger partial charge in [-0.2, -0.15) is 5.10 Å². The largest absolute Gasteiger partial charge is 0.348 e. The molecule has 1 aliphatic carbocycles. The number of nitrogens with one attached hydrogen (secondary N) is 3. The van der Waals surface area contributed by atoms with Gasteiger partial charge in [0.05, 0.1) is 0 Å². The Labute approximate surface area is 138 Å². The molecule has 1 saturated carbocycles. The normalized spacial score (nSPS) is 18.8. The number of carbonyl (C=O) groups is 1. The lowest BCUT2D eigenvalue weighted by Crippen LogP contribution is -2.43. The average Bonchev–Trinajstić information content (AvgIpc) is 2.86. The Morgan fingerprint density at radius 3 is 2.95 bits per heavy atom. The van der Waals surface area contributed by atoms with Crippen LogP contribution in [0.15, 0.2) is 0 Å². The van der Waals surface area contributed by atoms with Crippen molar-refractivity contribution in [3.63, 3.8) is 0 Å². The molecular weight excluding hydrogens is 300 g/mol. The zero-order chi connectivity index (χ0) is 14.7. The molecular formula is C16H27ClN4O. The van der Waals surface area contributed by atoms with Crippen molar-refractivity contribution in [2.45, 2.75) is 64.5 Å². The number of aromatic nitrogens is 2. The van der Waals surface area contributed by atoms with E-state index in [1.807, 2.05) is 0 Å². The maximum atomic E-state index is 12.6. The lowest BCUT2D eigenvalue weighted by atomic mass is 9.78. The van der Waals surface area contributed by atoms with Crippen molar-refractivity contribution in [1.29, 1.82) is 0 Å². The summed E-state index contributed by atoms with van der Waals surface area (Å²) >= 11 is 0. The summed E-state index contributed by atoms with van der Waals surface area (Å²) in [6.45, 7) is 3.91. The van der Waals surface area contributed by atoms with Crippen molar-refractivity contribution in [2.24, 2.45) is 5.92 Å². The minimum atomic E-state index is 0. The van der Waals surface area contributed by atoms with Gasteiger partial charge in [0.2, 0.25) is 0 Å². The fourth-order valence-corrected chi connectivity index (χ4v) is 3.34. The van der Waals surface area contributed by atoms with E-state index in [1.165, 1.54) is 32.1 Å². The monoisotopic (exact) mass is 326 g/mol. The second-order valence-electron chi connectivity index (χ2n) is 6.37. The maximum absolute atomic E-state index is 12.6. The van der Waals surface area contributed by atoms with Gasteiger partial charge in [-0.1, -0.05) is 26.2 Å². The van der Waals surface area contributed by atoms with Crippen LogP contribution < -0.4 is 10.6 Å². The number of aromatic amines is 1. The number of halogens is 1. The Hall–Kier alpha value is -1.07. The van der Waals surface area contributed by atoms with Crippen LogP contribution in [0.5, 0.6) is 0 Å². The van der Waals surface area contributed by atoms with Crippen molar-refractivity contribution in [2.75, 3.05) is 6.54 Å². The molecule has 5 nitrogen and oxygen atoms in total. The van der Waals surface area contributed by atoms with Crippen LogP contribution in [0.3, 0.4) is 0 Å². The third kappa shape index (κ3) is 3.63. The van der Waals surface area contributed by atoms with Crippen LogP contribution in [0.4, 0.5) is 0 Å². The van der Waals surface area contributed by atoms with E-state index in [4.69, 9.17) is 0 Å². The van der Waals surface area contributed by atoms with E-state index in [0.29, 0.717) is 17.7 Å². The highest BCUT2D eigenvalue weighted by atomic mass is 35.5. The molecule has 22 heavy (non-hydrogen) atoms. The summed E-state index contributed by atoms with van der Waals surface area (Å²) < 4.78 is 0. The van der Waals surface area contributed by atoms with E-state index in [9.17, 15) is 4.79 Å². The van der Waals surface area contributed by atoms with Gasteiger partial charge in [-0.25, -0.2) is 0 Å². The fourth-order valence-electron chi connectivity index (χ4n) is 3.34. The number of fused-ring (bicyclic) bond motifs is 1. The number of unbranched alkanes of at least 4 members (excludes halogenated alkanes) is 1. The van der Waals surface area contributed by atoms with E-state index >= 15 is 0 Å². The predicted molar refractivity (Wildman–Crippen MR) is 89.4 cm³/mol. The van der Waals surface area contributed by atoms with E-state index in [1.54, 1.807) is 0 Å². The molecule has 0 bridgehead atoms. The molecule has 1 amide bonds. The van der Waals surface area contributed by atoms with Gasteiger partial charge in [0.15, 0.2) is 5.69 Å². The molecule has 3 N–H and O–H groups in total. The summed E-state index contributed by atoms with van der Waals surface area (Å²) in [5.41, 5.74) is 2.77. The summed E-state index contributed by atoms with van der Waals surface area (Å²) in [6.07, 6.45) is 8.21. The summed E-state index contributed by atoms with van der Waals surface area (Å²) in [4.78, 5) is 12.6. The summed E-state index contributed by atoms with van der Waals surface area (Å²) in [5, 5.41) is 13.9. The van der Waals surface area contributed by atoms with Gasteiger partial charge < -0.3 is 10.6 Å². The second kappa shape index (κ2) is 7.97. The molecule has 124 valence electrons. The standard InChI is InChI=1S/C16H26N4O.ClH/c1-2-3-7-13(11-5-4-6-11)18-16(21)15-12-10-17-9-8-14(12)19-20-15;/h11,13,17H,2-10H2,1H3,(H,18,21)(H,19,20);1H. The predicted octanol–water partition coefficient (Wildman–Crippen LogP) is 2.57. The number of hydrogen-bond donors (Lipinski definition) is 3. The molecule has 6 heteroatoms. The zero-order valence-electron chi connectivity index (χ0n) is 13.3. The molecule has 1 unspecified atom stereocenters. The van der Waals surface area contributed by atoms with Crippen molar-refractivity contribution >= 4 is 18.3 Å². The first-order valence-corrected chi connectivity index (χ1v) is 8.37. The third-order valence-corrected chi connectivity index (χ3v) is 4.93. The van der Waals surface area contributed by atoms with E-state index in [0.717, 1.165) is 37.2 Å². The molecule has 0 aromatic carbocycles. The third-order valence-electron chi connectivity index (χ3n) is 4.93. The average molecular weight is 327 g/mol. The molecule has 2 heterocycles. The van der Waals surface area contributed by atoms with Crippen LogP contribution in [0.25, 0.3) is 0 Å². The molecule has 0 saturated heterocycles. The lowest BCUT2D eigenvalue weighted by Gasteiger charge is -2.34. The van der Waals surface area contributed by atoms with Crippen molar-refractivity contribution < 1.29 is 4.79 Å². The first kappa shape index (κ1) is 17.3. The van der Waals surface area contributed by atoms with E-state index in [-0.39, 0.29) is 18.3 Å². The van der Waals surface area contributed by atoms with Crippen LogP contribution in [0.1, 0.15) is 67.2 Å². The van der Waals surface area contributed by atoms with Crippen LogP contribution in [0, 0.1) is 5.92 Å². The topological polar surface area (TPSA) is 69.8 Å². The lowest BCUT2D eigenvalue weighted by molar-refractivity contribution is 0.0888. The van der Waals surface area contributed by atoms with Gasteiger partial charge in [0.25, 0.3) is 5.91 Å². The van der Waals surface area contributed by atoms with Gasteiger partial charge in [-0.05, 0) is 25.2 Å². The molecule has 1 aromatic rings. The number of hydrogen-bond acceptors (Lipinski definition) is 3. The first-order valence-electron chi connectivity index (χ1n) is 8.37. The minimum absolute atomic E-state index is 0. The molecule has 1 fully saturated rings. The summed E-state index contributed by atoms with van der Waals surface area (Å²) in [7, 11) is 0. The molecule has 1 atom stereocenters. The Morgan fingerprint density at radius 1 is 1.45 bits per heavy atom. The second-order valence-corrected chi connectivity index (χ2v) is 6.37. The minimum Gasteiger partial charge on any atom is -0.348 e. The molecule has 3 rings (SSSR count). The van der Waals surface area contributed by atoms with Crippen molar-refractivity contribution in [3.05, 3.63) is 17.0 Å².